The van der Waals surface area contributed by atoms with Gasteiger partial charge in [0, 0.05) is 42.9 Å². The number of aliphatic imine (C=N–C) groups is 1. The van der Waals surface area contributed by atoms with Gasteiger partial charge in [0.2, 0.25) is 94.5 Å². The number of carbonyl (C=O) groups is 17. The van der Waals surface area contributed by atoms with E-state index in [9.17, 15) is 112 Å². The molecular formula is C82H137N25O23S2. The second kappa shape index (κ2) is 56.5. The van der Waals surface area contributed by atoms with E-state index in [-0.39, 0.29) is 133 Å². The van der Waals surface area contributed by atoms with Gasteiger partial charge in [-0.25, -0.2) is 4.79 Å². The predicted octanol–water partition coefficient (Wildman–Crippen LogP) is -10.4. The van der Waals surface area contributed by atoms with Crippen LogP contribution in [0.1, 0.15) is 144 Å². The number of carbonyl (C=O) groups excluding carboxylic acids is 16. The quantitative estimate of drug-likeness (QED) is 0.0127. The maximum absolute atomic E-state index is 14.7. The number of phenols is 2. The number of unbranched alkanes of at least 4 members (excludes halogenated alkanes) is 1. The number of nitrogens with one attached hydrogen (secondary N) is 14. The van der Waals surface area contributed by atoms with Gasteiger partial charge in [-0.3, -0.25) is 81.7 Å². The Hall–Kier alpha value is -11.4. The van der Waals surface area contributed by atoms with Crippen molar-refractivity contribution in [2.75, 3.05) is 58.2 Å². The van der Waals surface area contributed by atoms with Crippen LogP contribution in [0, 0.1) is 11.3 Å². The van der Waals surface area contributed by atoms with Gasteiger partial charge in [-0.1, -0.05) is 65.3 Å². The predicted molar refractivity (Wildman–Crippen MR) is 488 cm³/mol. The normalized spacial score (nSPS) is 17.0. The highest BCUT2D eigenvalue weighted by Crippen LogP contribution is 2.27. The second-order valence-corrected chi connectivity index (χ2v) is 35.3. The number of nitrogens with two attached hydrogens (primary N) is 9. The maximum Gasteiger partial charge on any atom is 0.326 e. The van der Waals surface area contributed by atoms with Crippen LogP contribution in [-0.4, -0.2) is 314 Å². The molecule has 1 fully saturated rings. The summed E-state index contributed by atoms with van der Waals surface area (Å²) in [6, 6.07) is -14.9. The van der Waals surface area contributed by atoms with Crippen molar-refractivity contribution in [3.8, 4) is 11.5 Å². The zero-order chi connectivity index (χ0) is 99.8. The van der Waals surface area contributed by atoms with E-state index in [1.807, 2.05) is 0 Å². The summed E-state index contributed by atoms with van der Waals surface area (Å²) in [5, 5.41) is 96.4. The first-order valence-electron chi connectivity index (χ1n) is 43.2. The van der Waals surface area contributed by atoms with Crippen LogP contribution in [0.15, 0.2) is 53.5 Å². The molecule has 0 spiro atoms. The molecule has 1 heterocycles. The molecule has 1 aliphatic heterocycles. The highest BCUT2D eigenvalue weighted by atomic mass is 32.1. The van der Waals surface area contributed by atoms with E-state index in [4.69, 9.17) is 51.6 Å². The van der Waals surface area contributed by atoms with Crippen LogP contribution in [-0.2, 0) is 94.3 Å². The average molecular weight is 1910 g/mol. The fraction of sp³-hybridized carbons (Fsp3) is 0.634. The first-order valence-corrected chi connectivity index (χ1v) is 44.3. The van der Waals surface area contributed by atoms with Crippen molar-refractivity contribution >= 4 is 132 Å². The number of aliphatic hydroxyl groups is 3. The van der Waals surface area contributed by atoms with Gasteiger partial charge in [0.25, 0.3) is 0 Å². The molecule has 1 saturated heterocycles. The highest BCUT2D eigenvalue weighted by molar-refractivity contribution is 7.81. The lowest BCUT2D eigenvalue weighted by atomic mass is 9.86. The number of amides is 16. The number of likely N-dealkylation sites (tertiary alicyclic amines) is 1. The fourth-order valence-corrected chi connectivity index (χ4v) is 13.9. The number of rotatable bonds is 58. The minimum Gasteiger partial charge on any atom is -0.508 e. The number of thiol groups is 2. The Morgan fingerprint density at radius 2 is 0.848 bits per heavy atom. The van der Waals surface area contributed by atoms with Gasteiger partial charge in [0.15, 0.2) is 5.96 Å². The zero-order valence-corrected chi connectivity index (χ0v) is 77.2. The average Bonchev–Trinajstić information content (AvgIpc) is 0.963. The van der Waals surface area contributed by atoms with Crippen LogP contribution in [0.3, 0.4) is 0 Å². The van der Waals surface area contributed by atoms with Gasteiger partial charge in [0.1, 0.15) is 102 Å². The van der Waals surface area contributed by atoms with Crippen LogP contribution in [0.25, 0.3) is 0 Å². The third-order valence-electron chi connectivity index (χ3n) is 21.4. The SMILES string of the molecule is CC[C@H](C)[C@H](NC(=O)[C@@H]1C[C@@H](O)CN1C(=O)[C@@H](N)C(C)(C)C)C(=O)N[C@H](C(=O)N[C@@H](Cc1ccc(O)cc1)C(=O)N[C@@H](CO)C(=O)N[C@@H](CC(N)=O)C(=O)N[C@@H](CCCN=C(N)N)C(=O)N[C@@H](CCN)C(=O)N[C@H](C(=O)N[C@H](CCN)C(=O)N[C@@H](CCCCN)C(=O)N[C@@H](CCN)C(=O)N[C@@H](CCN)C(=O)N[C@@H](CS)C(=O)N[C@@H](Cc1ccc(O)cc1)C(=O)O)[C@@H](C)O)C(C)(C)S. The summed E-state index contributed by atoms with van der Waals surface area (Å²) in [4.78, 5) is 243. The molecule has 19 atom stereocenters. The van der Waals surface area contributed by atoms with Gasteiger partial charge in [-0.05, 0) is 158 Å². The van der Waals surface area contributed by atoms with E-state index in [0.29, 0.717) is 17.5 Å². The number of aromatic hydroxyl groups is 2. The molecule has 3 rings (SSSR count). The monoisotopic (exact) mass is 1900 g/mol. The van der Waals surface area contributed by atoms with E-state index in [0.717, 1.165) is 11.8 Å². The molecule has 0 radical (unpaired) electrons. The molecule has 38 N–H and O–H groups in total. The lowest BCUT2D eigenvalue weighted by Crippen LogP contribution is -2.64. The first-order chi connectivity index (χ1) is 61.9. The Balaban J connectivity index is 1.91. The minimum absolute atomic E-state index is 0.0834. The smallest absolute Gasteiger partial charge is 0.326 e. The van der Waals surface area contributed by atoms with E-state index in [2.05, 4.69) is 105 Å². The molecule has 48 nitrogen and oxygen atoms in total. The number of benzene rings is 2. The topological polar surface area (TPSA) is 830 Å². The number of aliphatic hydroxyl groups excluding tert-OH is 3. The van der Waals surface area contributed by atoms with E-state index >= 15 is 0 Å². The van der Waals surface area contributed by atoms with Crippen molar-refractivity contribution in [3.05, 3.63) is 59.7 Å². The Kier molecular flexibility index (Phi) is 49.1. The Labute approximate surface area is 775 Å². The molecule has 740 valence electrons. The van der Waals surface area contributed by atoms with E-state index in [1.54, 1.807) is 34.6 Å². The number of hydrogen-bond donors (Lipinski definition) is 31. The van der Waals surface area contributed by atoms with Crippen molar-refractivity contribution in [3.63, 3.8) is 0 Å². The summed E-state index contributed by atoms with van der Waals surface area (Å²) in [6.45, 7) is 9.88. The maximum atomic E-state index is 14.7. The number of phenolic OH excluding ortho intramolecular Hbond substituents is 2. The molecule has 16 amide bonds. The zero-order valence-electron chi connectivity index (χ0n) is 75.5. The number of carboxylic acid groups (broad SMARTS) is 1. The molecular weight excluding hydrogens is 1770 g/mol. The summed E-state index contributed by atoms with van der Waals surface area (Å²) >= 11 is 8.79. The van der Waals surface area contributed by atoms with Crippen LogP contribution < -0.4 is 126 Å². The number of hydrogen-bond acceptors (Lipinski definition) is 31. The number of aliphatic carboxylic acids is 1. The Morgan fingerprint density at radius 3 is 1.25 bits per heavy atom. The standard InChI is InChI=1S/C82H137N25O23S2/c1-9-40(2)60(104-74(124)58-35-46(112)37-107(58)78(128)62(89)81(4,5)6)75(125)106-63(82(7,8)132)77(127)100-53(33-42-15-19-44(110)20-16-42)70(120)102-56(38-108)72(122)99-54(36-59(88)113)71(121)94-48(14-12-32-92-80(90)91)65(115)97-52(26-31-87)69(119)105-61(41(3)109)76(126)98-51(25-30-86)67(117)93-47(13-10-11-27-83)64(114)95-49(23-28-84)66(116)96-50(24-29-85)68(118)103-57(39-131)73(123)101-55(79(129)130)34-43-17-21-45(111)22-18-43/h15-22,40-41,46-58,60-63,108-112,131-132H,9-14,23-39,83-87,89H2,1-8H3,(H2,88,113)(H,93,117)(H,94,121)(H,95,114)(H,96,116)(H,97,115)(H,98,126)(H,99,122)(H,100,127)(H,101,123)(H,102,120)(H,103,118)(H,104,124)(H,105,119)(H,106,125)(H,129,130)(H4,90,91,92)/t40-,41+,46+,47-,48-,49-,50-,51+,52-,53-,54-,55-,56-,57-,58-,60-,61-,62+,63+/m0/s1. The minimum atomic E-state index is -2.04. The molecule has 0 bridgehead atoms. The highest BCUT2D eigenvalue weighted by Gasteiger charge is 2.46. The largest absolute Gasteiger partial charge is 0.508 e. The molecule has 50 heteroatoms. The summed E-state index contributed by atoms with van der Waals surface area (Å²) < 4.78 is -1.49. The van der Waals surface area contributed by atoms with E-state index < -0.39 is 251 Å². The van der Waals surface area contributed by atoms with Crippen molar-refractivity contribution in [1.82, 2.24) is 79.3 Å². The Morgan fingerprint density at radius 1 is 0.477 bits per heavy atom. The summed E-state index contributed by atoms with van der Waals surface area (Å²) in [6.07, 6.45) is -5.85. The van der Waals surface area contributed by atoms with Crippen LogP contribution >= 0.6 is 25.3 Å². The lowest BCUT2D eigenvalue weighted by molar-refractivity contribution is -0.142. The number of nitrogens with zero attached hydrogens (tertiary/aromatic N) is 2. The summed E-state index contributed by atoms with van der Waals surface area (Å²) in [7, 11) is 0. The van der Waals surface area contributed by atoms with Gasteiger partial charge in [-0.15, -0.1) is 0 Å². The van der Waals surface area contributed by atoms with Crippen molar-refractivity contribution in [2.24, 2.45) is 67.9 Å². The number of β-amino-alcohol motifs (C(OH)–C–C–N with tert-alkyl or cyclic N) is 1. The second-order valence-electron chi connectivity index (χ2n) is 33.8. The molecule has 2 aromatic rings. The summed E-state index contributed by atoms with van der Waals surface area (Å²) in [5.74, 6) is -20.1. The van der Waals surface area contributed by atoms with E-state index in [1.165, 1.54) is 62.4 Å². The van der Waals surface area contributed by atoms with Crippen molar-refractivity contribution in [2.45, 2.75) is 259 Å². The summed E-state index contributed by atoms with van der Waals surface area (Å²) in [5.41, 5.74) is 52.3. The molecule has 2 aromatic carbocycles. The number of primary amides is 1. The van der Waals surface area contributed by atoms with Crippen molar-refractivity contribution < 1.29 is 112 Å². The lowest BCUT2D eigenvalue weighted by Gasteiger charge is -2.35. The molecule has 0 unspecified atom stereocenters. The third kappa shape index (κ3) is 38.5. The van der Waals surface area contributed by atoms with Gasteiger partial charge < -0.3 is 162 Å². The molecule has 0 aromatic heterocycles. The molecule has 1 aliphatic rings. The Bertz CT molecular complexity index is 4240. The van der Waals surface area contributed by atoms with Crippen LogP contribution in [0.4, 0.5) is 0 Å². The van der Waals surface area contributed by atoms with Crippen LogP contribution in [0.2, 0.25) is 0 Å². The number of carboxylic acids is 1. The molecule has 0 saturated carbocycles. The third-order valence-corrected chi connectivity index (χ3v) is 22.0. The van der Waals surface area contributed by atoms with Crippen molar-refractivity contribution in [1.29, 1.82) is 0 Å². The van der Waals surface area contributed by atoms with Gasteiger partial charge >= 0.3 is 5.97 Å². The van der Waals surface area contributed by atoms with Gasteiger partial charge in [0.05, 0.1) is 31.3 Å². The first kappa shape index (κ1) is 115. The molecule has 132 heavy (non-hydrogen) atoms. The van der Waals surface area contributed by atoms with Gasteiger partial charge in [-0.2, -0.15) is 25.3 Å². The molecule has 0 aliphatic carbocycles. The number of guanidine groups is 1. The fourth-order valence-electron chi connectivity index (χ4n) is 13.4. The van der Waals surface area contributed by atoms with Crippen LogP contribution in [0.5, 0.6) is 11.5 Å².